The van der Waals surface area contributed by atoms with Crippen molar-refractivity contribution in [2.45, 2.75) is 26.2 Å². The van der Waals surface area contributed by atoms with E-state index < -0.39 is 8.32 Å². The van der Waals surface area contributed by atoms with E-state index in [0.29, 0.717) is 6.54 Å². The average Bonchev–Trinajstić information content (AvgIpc) is 2.49. The van der Waals surface area contributed by atoms with E-state index in [0.717, 1.165) is 11.5 Å². The SMILES string of the molecule is C#CCn1cccc1C(=C)O[Si](C)(C)C. The zero-order valence-corrected chi connectivity index (χ0v) is 10.6. The van der Waals surface area contributed by atoms with Crippen LogP contribution in [0, 0.1) is 12.3 Å². The fraction of sp³-hybridized carbons (Fsp3) is 0.333. The largest absolute Gasteiger partial charge is 0.543 e. The minimum Gasteiger partial charge on any atom is -0.543 e. The van der Waals surface area contributed by atoms with Crippen molar-refractivity contribution in [2.24, 2.45) is 0 Å². The van der Waals surface area contributed by atoms with Crippen LogP contribution in [-0.2, 0) is 11.0 Å². The van der Waals surface area contributed by atoms with E-state index in [1.54, 1.807) is 0 Å². The maximum absolute atomic E-state index is 5.82. The molecule has 0 spiro atoms. The first kappa shape index (κ1) is 11.7. The molecule has 0 radical (unpaired) electrons. The van der Waals surface area contributed by atoms with Crippen molar-refractivity contribution < 1.29 is 4.43 Å². The van der Waals surface area contributed by atoms with Gasteiger partial charge < -0.3 is 8.99 Å². The fourth-order valence-electron chi connectivity index (χ4n) is 1.33. The molecule has 0 N–H and O–H groups in total. The standard InChI is InChI=1S/C12H17NOSi/c1-6-9-13-10-7-8-12(13)11(2)14-15(3,4)5/h1,7-8,10H,2,9H2,3-5H3. The molecule has 1 heterocycles. The molecule has 15 heavy (non-hydrogen) atoms. The van der Waals surface area contributed by atoms with E-state index >= 15 is 0 Å². The summed E-state index contributed by atoms with van der Waals surface area (Å²) in [6.07, 6.45) is 7.22. The highest BCUT2D eigenvalue weighted by Gasteiger charge is 2.18. The third-order valence-electron chi connectivity index (χ3n) is 1.81. The Morgan fingerprint density at radius 2 is 2.27 bits per heavy atom. The molecule has 0 fully saturated rings. The van der Waals surface area contributed by atoms with Gasteiger partial charge in [0.1, 0.15) is 5.76 Å². The van der Waals surface area contributed by atoms with Gasteiger partial charge in [-0.25, -0.2) is 0 Å². The molecule has 1 aromatic heterocycles. The lowest BCUT2D eigenvalue weighted by atomic mass is 10.4. The summed E-state index contributed by atoms with van der Waals surface area (Å²) in [4.78, 5) is 0. The minimum absolute atomic E-state index is 0.552. The van der Waals surface area contributed by atoms with Crippen molar-refractivity contribution in [3.8, 4) is 12.3 Å². The van der Waals surface area contributed by atoms with Gasteiger partial charge >= 0.3 is 0 Å². The highest BCUT2D eigenvalue weighted by molar-refractivity contribution is 6.70. The Hall–Kier alpha value is -1.40. The van der Waals surface area contributed by atoms with E-state index in [-0.39, 0.29) is 0 Å². The number of aromatic nitrogens is 1. The van der Waals surface area contributed by atoms with Gasteiger partial charge in [-0.1, -0.05) is 12.5 Å². The summed E-state index contributed by atoms with van der Waals surface area (Å²) in [5.41, 5.74) is 0.968. The highest BCUT2D eigenvalue weighted by Crippen LogP contribution is 2.19. The molecule has 2 nitrogen and oxygen atoms in total. The minimum atomic E-state index is -1.59. The molecule has 0 aliphatic rings. The molecule has 0 saturated carbocycles. The molecule has 3 heteroatoms. The highest BCUT2D eigenvalue weighted by atomic mass is 28.4. The van der Waals surface area contributed by atoms with Crippen molar-refractivity contribution >= 4 is 14.1 Å². The van der Waals surface area contributed by atoms with Crippen LogP contribution in [0.15, 0.2) is 24.9 Å². The van der Waals surface area contributed by atoms with Crippen LogP contribution in [0.4, 0.5) is 0 Å². The normalized spacial score (nSPS) is 10.8. The number of rotatable bonds is 4. The van der Waals surface area contributed by atoms with Crippen LogP contribution in [-0.4, -0.2) is 12.9 Å². The average molecular weight is 219 g/mol. The van der Waals surface area contributed by atoms with Gasteiger partial charge in [0.15, 0.2) is 0 Å². The molecule has 0 aliphatic carbocycles. The van der Waals surface area contributed by atoms with Crippen molar-refractivity contribution in [3.63, 3.8) is 0 Å². The quantitative estimate of drug-likeness (QED) is 0.431. The lowest BCUT2D eigenvalue weighted by Gasteiger charge is -2.21. The first-order valence-corrected chi connectivity index (χ1v) is 8.32. The molecule has 0 aliphatic heterocycles. The van der Waals surface area contributed by atoms with Crippen LogP contribution < -0.4 is 0 Å². The monoisotopic (exact) mass is 219 g/mol. The van der Waals surface area contributed by atoms with Crippen molar-refractivity contribution in [2.75, 3.05) is 0 Å². The molecular weight excluding hydrogens is 202 g/mol. The second-order valence-electron chi connectivity index (χ2n) is 4.36. The van der Waals surface area contributed by atoms with Crippen molar-refractivity contribution in [1.82, 2.24) is 4.57 Å². The predicted molar refractivity (Wildman–Crippen MR) is 66.7 cm³/mol. The third kappa shape index (κ3) is 3.33. The predicted octanol–water partition coefficient (Wildman–Crippen LogP) is 2.94. The summed E-state index contributed by atoms with van der Waals surface area (Å²) >= 11 is 0. The van der Waals surface area contributed by atoms with Crippen LogP contribution in [0.2, 0.25) is 19.6 Å². The first-order chi connectivity index (χ1) is 6.94. The van der Waals surface area contributed by atoms with Gasteiger partial charge in [0.2, 0.25) is 8.32 Å². The van der Waals surface area contributed by atoms with E-state index in [2.05, 4.69) is 32.1 Å². The smallest absolute Gasteiger partial charge is 0.242 e. The van der Waals surface area contributed by atoms with Crippen LogP contribution >= 0.6 is 0 Å². The summed E-state index contributed by atoms with van der Waals surface area (Å²) in [6.45, 7) is 10.9. The van der Waals surface area contributed by atoms with Crippen molar-refractivity contribution in [1.29, 1.82) is 0 Å². The van der Waals surface area contributed by atoms with E-state index in [9.17, 15) is 0 Å². The summed E-state index contributed by atoms with van der Waals surface area (Å²) < 4.78 is 7.78. The van der Waals surface area contributed by atoms with Gasteiger partial charge in [-0.15, -0.1) is 6.42 Å². The van der Waals surface area contributed by atoms with Crippen molar-refractivity contribution in [3.05, 3.63) is 30.6 Å². The zero-order valence-electron chi connectivity index (χ0n) is 9.58. The topological polar surface area (TPSA) is 14.2 Å². The van der Waals surface area contributed by atoms with Gasteiger partial charge in [-0.2, -0.15) is 0 Å². The number of nitrogens with zero attached hydrogens (tertiary/aromatic N) is 1. The van der Waals surface area contributed by atoms with Crippen LogP contribution in [0.25, 0.3) is 5.76 Å². The van der Waals surface area contributed by atoms with Crippen LogP contribution in [0.3, 0.4) is 0 Å². The lowest BCUT2D eigenvalue weighted by molar-refractivity contribution is 0.508. The van der Waals surface area contributed by atoms with Gasteiger partial charge in [0.25, 0.3) is 0 Å². The van der Waals surface area contributed by atoms with Gasteiger partial charge in [-0.05, 0) is 31.8 Å². The summed E-state index contributed by atoms with van der Waals surface area (Å²) in [6, 6.07) is 3.92. The lowest BCUT2D eigenvalue weighted by Crippen LogP contribution is -2.24. The Kier molecular flexibility index (Phi) is 3.43. The van der Waals surface area contributed by atoms with E-state index in [1.165, 1.54) is 0 Å². The summed E-state index contributed by atoms with van der Waals surface area (Å²) in [5.74, 6) is 3.32. The molecule has 1 aromatic rings. The number of hydrogen-bond acceptors (Lipinski definition) is 1. The molecule has 80 valence electrons. The Morgan fingerprint density at radius 3 is 2.80 bits per heavy atom. The second kappa shape index (κ2) is 4.41. The zero-order chi connectivity index (χ0) is 11.5. The van der Waals surface area contributed by atoms with Crippen LogP contribution in [0.1, 0.15) is 5.69 Å². The summed E-state index contributed by atoms with van der Waals surface area (Å²) in [5, 5.41) is 0. The Bertz CT molecular complexity index is 392. The molecule has 1 rings (SSSR count). The molecule has 0 atom stereocenters. The molecule has 0 aromatic carbocycles. The Balaban J connectivity index is 2.83. The van der Waals surface area contributed by atoms with Gasteiger partial charge in [0, 0.05) is 6.20 Å². The first-order valence-electron chi connectivity index (χ1n) is 4.91. The molecule has 0 bridgehead atoms. The summed E-state index contributed by atoms with van der Waals surface area (Å²) in [7, 11) is -1.59. The van der Waals surface area contributed by atoms with Gasteiger partial charge in [-0.3, -0.25) is 0 Å². The number of terminal acetylenes is 1. The maximum Gasteiger partial charge on any atom is 0.242 e. The Morgan fingerprint density at radius 1 is 1.60 bits per heavy atom. The molecule has 0 amide bonds. The van der Waals surface area contributed by atoms with E-state index in [4.69, 9.17) is 10.8 Å². The third-order valence-corrected chi connectivity index (χ3v) is 2.67. The number of hydrogen-bond donors (Lipinski definition) is 0. The fourth-order valence-corrected chi connectivity index (χ4v) is 2.17. The maximum atomic E-state index is 5.82. The van der Waals surface area contributed by atoms with Crippen LogP contribution in [0.5, 0.6) is 0 Å². The molecule has 0 unspecified atom stereocenters. The van der Waals surface area contributed by atoms with Gasteiger partial charge in [0.05, 0.1) is 12.2 Å². The molecular formula is C12H17NOSi. The Labute approximate surface area is 92.7 Å². The van der Waals surface area contributed by atoms with E-state index in [1.807, 2.05) is 22.9 Å². The molecule has 0 saturated heterocycles. The second-order valence-corrected chi connectivity index (χ2v) is 8.79.